The largest absolute Gasteiger partial charge is 0.388 e. The van der Waals surface area contributed by atoms with Crippen molar-refractivity contribution >= 4 is 6.03 Å². The Morgan fingerprint density at radius 2 is 1.88 bits per heavy atom. The van der Waals surface area contributed by atoms with E-state index in [4.69, 9.17) is 0 Å². The number of carbonyl (C=O) groups is 1. The molecule has 1 heterocycles. The van der Waals surface area contributed by atoms with Crippen molar-refractivity contribution in [2.24, 2.45) is 0 Å². The number of piperazine rings is 1. The fourth-order valence-corrected chi connectivity index (χ4v) is 2.90. The Balaban J connectivity index is 1.60. The molecule has 0 saturated carbocycles. The molecule has 1 aliphatic heterocycles. The molecule has 1 saturated heterocycles. The number of hydrogen-bond donors (Lipinski definition) is 3. The standard InChI is InChI=1S/C18H30N4O2/c1-15(14-22-12-10-21(2)11-13-22)20-18(24)19-9-8-17(23)16-6-4-3-5-7-16/h3-7,15,17,23H,8-14H2,1-2H3,(H2,19,20,24). The summed E-state index contributed by atoms with van der Waals surface area (Å²) in [6.45, 7) is 7.60. The second-order valence-electron chi connectivity index (χ2n) is 6.62. The highest BCUT2D eigenvalue weighted by Gasteiger charge is 2.17. The van der Waals surface area contributed by atoms with E-state index in [-0.39, 0.29) is 12.1 Å². The lowest BCUT2D eigenvalue weighted by molar-refractivity contribution is 0.144. The second kappa shape index (κ2) is 9.61. The minimum Gasteiger partial charge on any atom is -0.388 e. The van der Waals surface area contributed by atoms with E-state index in [1.54, 1.807) is 0 Å². The van der Waals surface area contributed by atoms with E-state index >= 15 is 0 Å². The maximum atomic E-state index is 11.9. The molecule has 2 atom stereocenters. The molecule has 0 radical (unpaired) electrons. The Labute approximate surface area is 144 Å². The molecule has 2 unspecified atom stereocenters. The zero-order valence-corrected chi connectivity index (χ0v) is 14.7. The maximum Gasteiger partial charge on any atom is 0.315 e. The summed E-state index contributed by atoms with van der Waals surface area (Å²) in [5.41, 5.74) is 0.878. The van der Waals surface area contributed by atoms with Crippen molar-refractivity contribution < 1.29 is 9.90 Å². The first-order chi connectivity index (χ1) is 11.5. The van der Waals surface area contributed by atoms with Crippen LogP contribution in [0.4, 0.5) is 4.79 Å². The predicted octanol–water partition coefficient (Wildman–Crippen LogP) is 1.05. The van der Waals surface area contributed by atoms with Gasteiger partial charge in [-0.1, -0.05) is 30.3 Å². The van der Waals surface area contributed by atoms with Gasteiger partial charge in [0, 0.05) is 45.3 Å². The Kier molecular flexibility index (Phi) is 7.49. The number of aliphatic hydroxyl groups is 1. The van der Waals surface area contributed by atoms with Crippen molar-refractivity contribution in [2.45, 2.75) is 25.5 Å². The topological polar surface area (TPSA) is 67.8 Å². The predicted molar refractivity (Wildman–Crippen MR) is 96.0 cm³/mol. The summed E-state index contributed by atoms with van der Waals surface area (Å²) in [6, 6.07) is 9.44. The quantitative estimate of drug-likeness (QED) is 0.697. The summed E-state index contributed by atoms with van der Waals surface area (Å²) in [7, 11) is 2.14. The van der Waals surface area contributed by atoms with Gasteiger partial charge in [0.2, 0.25) is 0 Å². The number of nitrogens with one attached hydrogen (secondary N) is 2. The third-order valence-corrected chi connectivity index (χ3v) is 4.39. The molecule has 0 spiro atoms. The van der Waals surface area contributed by atoms with Gasteiger partial charge in [0.1, 0.15) is 0 Å². The minimum absolute atomic E-state index is 0.104. The van der Waals surface area contributed by atoms with Gasteiger partial charge in [0.15, 0.2) is 0 Å². The molecule has 0 bridgehead atoms. The van der Waals surface area contributed by atoms with Crippen LogP contribution in [-0.2, 0) is 0 Å². The van der Waals surface area contributed by atoms with Crippen LogP contribution in [0, 0.1) is 0 Å². The van der Waals surface area contributed by atoms with Gasteiger partial charge < -0.3 is 20.6 Å². The lowest BCUT2D eigenvalue weighted by atomic mass is 10.1. The molecule has 2 amide bonds. The van der Waals surface area contributed by atoms with Crippen LogP contribution in [0.5, 0.6) is 0 Å². The first-order valence-corrected chi connectivity index (χ1v) is 8.73. The highest BCUT2D eigenvalue weighted by Crippen LogP contribution is 2.14. The van der Waals surface area contributed by atoms with E-state index in [2.05, 4.69) is 27.5 Å². The third-order valence-electron chi connectivity index (χ3n) is 4.39. The fraction of sp³-hybridized carbons (Fsp3) is 0.611. The van der Waals surface area contributed by atoms with Crippen LogP contribution >= 0.6 is 0 Å². The summed E-state index contributed by atoms with van der Waals surface area (Å²) in [6.07, 6.45) is -0.0427. The highest BCUT2D eigenvalue weighted by molar-refractivity contribution is 5.74. The number of rotatable bonds is 7. The molecule has 1 aromatic rings. The van der Waals surface area contributed by atoms with Gasteiger partial charge in [-0.05, 0) is 26.0 Å². The van der Waals surface area contributed by atoms with Crippen molar-refractivity contribution in [2.75, 3.05) is 46.3 Å². The molecular formula is C18H30N4O2. The van der Waals surface area contributed by atoms with E-state index in [0.717, 1.165) is 38.3 Å². The number of amides is 2. The fourth-order valence-electron chi connectivity index (χ4n) is 2.90. The number of carbonyl (C=O) groups excluding carboxylic acids is 1. The van der Waals surface area contributed by atoms with Crippen molar-refractivity contribution in [1.82, 2.24) is 20.4 Å². The molecule has 1 aromatic carbocycles. The van der Waals surface area contributed by atoms with Crippen molar-refractivity contribution in [3.05, 3.63) is 35.9 Å². The first-order valence-electron chi connectivity index (χ1n) is 8.73. The van der Waals surface area contributed by atoms with Gasteiger partial charge in [-0.15, -0.1) is 0 Å². The number of nitrogens with zero attached hydrogens (tertiary/aromatic N) is 2. The monoisotopic (exact) mass is 334 g/mol. The van der Waals surface area contributed by atoms with Crippen LogP contribution in [0.2, 0.25) is 0 Å². The molecule has 1 fully saturated rings. The van der Waals surface area contributed by atoms with Crippen LogP contribution in [0.3, 0.4) is 0 Å². The number of likely N-dealkylation sites (N-methyl/N-ethyl adjacent to an activating group) is 1. The molecule has 3 N–H and O–H groups in total. The van der Waals surface area contributed by atoms with Gasteiger partial charge in [-0.3, -0.25) is 4.90 Å². The molecular weight excluding hydrogens is 304 g/mol. The molecule has 0 aromatic heterocycles. The van der Waals surface area contributed by atoms with Crippen LogP contribution in [0.25, 0.3) is 0 Å². The average molecular weight is 334 g/mol. The molecule has 6 heteroatoms. The van der Waals surface area contributed by atoms with Crippen molar-refractivity contribution in [3.8, 4) is 0 Å². The molecule has 2 rings (SSSR count). The molecule has 134 valence electrons. The zero-order valence-electron chi connectivity index (χ0n) is 14.7. The Hall–Kier alpha value is -1.63. The van der Waals surface area contributed by atoms with Gasteiger partial charge >= 0.3 is 6.03 Å². The van der Waals surface area contributed by atoms with Gasteiger partial charge in [-0.25, -0.2) is 4.79 Å². The summed E-state index contributed by atoms with van der Waals surface area (Å²) in [4.78, 5) is 16.6. The van der Waals surface area contributed by atoms with E-state index < -0.39 is 6.10 Å². The minimum atomic E-state index is -0.547. The van der Waals surface area contributed by atoms with Crippen molar-refractivity contribution in [1.29, 1.82) is 0 Å². The highest BCUT2D eigenvalue weighted by atomic mass is 16.3. The Morgan fingerprint density at radius 3 is 2.54 bits per heavy atom. The van der Waals surface area contributed by atoms with Crippen LogP contribution in [0.15, 0.2) is 30.3 Å². The average Bonchev–Trinajstić information content (AvgIpc) is 2.57. The lowest BCUT2D eigenvalue weighted by Crippen LogP contribution is -2.51. The number of benzene rings is 1. The maximum absolute atomic E-state index is 11.9. The summed E-state index contributed by atoms with van der Waals surface area (Å²) in [5.74, 6) is 0. The summed E-state index contributed by atoms with van der Waals surface area (Å²) in [5, 5.41) is 15.9. The Bertz CT molecular complexity index is 489. The van der Waals surface area contributed by atoms with Crippen molar-refractivity contribution in [3.63, 3.8) is 0 Å². The van der Waals surface area contributed by atoms with E-state index in [9.17, 15) is 9.90 Å². The smallest absolute Gasteiger partial charge is 0.315 e. The van der Waals surface area contributed by atoms with E-state index in [0.29, 0.717) is 13.0 Å². The molecule has 24 heavy (non-hydrogen) atoms. The number of urea groups is 1. The molecule has 6 nitrogen and oxygen atoms in total. The second-order valence-corrected chi connectivity index (χ2v) is 6.62. The SMILES string of the molecule is CC(CN1CCN(C)CC1)NC(=O)NCCC(O)c1ccccc1. The summed E-state index contributed by atoms with van der Waals surface area (Å²) < 4.78 is 0. The van der Waals surface area contributed by atoms with E-state index in [1.165, 1.54) is 0 Å². The first kappa shape index (κ1) is 18.7. The van der Waals surface area contributed by atoms with Crippen LogP contribution in [-0.4, -0.2) is 73.3 Å². The number of hydrogen-bond acceptors (Lipinski definition) is 4. The van der Waals surface area contributed by atoms with Crippen LogP contribution in [0.1, 0.15) is 25.0 Å². The van der Waals surface area contributed by atoms with Gasteiger partial charge in [0.05, 0.1) is 6.10 Å². The van der Waals surface area contributed by atoms with E-state index in [1.807, 2.05) is 37.3 Å². The van der Waals surface area contributed by atoms with Gasteiger partial charge in [0.25, 0.3) is 0 Å². The molecule has 0 aliphatic carbocycles. The lowest BCUT2D eigenvalue weighted by Gasteiger charge is -2.34. The van der Waals surface area contributed by atoms with Gasteiger partial charge in [-0.2, -0.15) is 0 Å². The molecule has 1 aliphatic rings. The normalized spacial score (nSPS) is 18.8. The Morgan fingerprint density at radius 1 is 1.21 bits per heavy atom. The van der Waals surface area contributed by atoms with Crippen LogP contribution < -0.4 is 10.6 Å². The summed E-state index contributed by atoms with van der Waals surface area (Å²) >= 11 is 0. The third kappa shape index (κ3) is 6.47. The number of aliphatic hydroxyl groups excluding tert-OH is 1. The zero-order chi connectivity index (χ0) is 17.4.